The molecule has 1 amide bonds. The van der Waals surface area contributed by atoms with Crippen molar-refractivity contribution in [2.24, 2.45) is 10.7 Å². The smallest absolute Gasteiger partial charge is 0.299 e. The fraction of sp³-hybridized carbons (Fsp3) is 0.300. The number of nitrogens with two attached hydrogens (primary N) is 1. The second-order valence-corrected chi connectivity index (χ2v) is 6.76. The molecule has 0 saturated heterocycles. The van der Waals surface area contributed by atoms with Crippen molar-refractivity contribution in [2.45, 2.75) is 18.4 Å². The highest BCUT2D eigenvalue weighted by atomic mass is 19.3. The van der Waals surface area contributed by atoms with E-state index in [-0.39, 0.29) is 36.0 Å². The molecule has 0 fully saturated rings. The molecule has 3 rings (SSSR count). The van der Waals surface area contributed by atoms with Crippen molar-refractivity contribution in [3.05, 3.63) is 53.6 Å². The second kappa shape index (κ2) is 10.7. The average molecular weight is 472 g/mol. The number of nitrogens with one attached hydrogen (secondary N) is 1. The van der Waals surface area contributed by atoms with Crippen LogP contribution in [0, 0.1) is 5.82 Å². The summed E-state index contributed by atoms with van der Waals surface area (Å²) in [7, 11) is 0. The summed E-state index contributed by atoms with van der Waals surface area (Å²) >= 11 is 0. The highest BCUT2D eigenvalue weighted by molar-refractivity contribution is 6.02. The number of aromatic nitrogens is 1. The molecule has 4 N–H and O–H groups in total. The van der Waals surface area contributed by atoms with Gasteiger partial charge in [0.25, 0.3) is 18.3 Å². The van der Waals surface area contributed by atoms with Crippen molar-refractivity contribution in [2.75, 3.05) is 25.4 Å². The molecule has 0 bridgehead atoms. The normalized spacial score (nSPS) is 19.2. The lowest BCUT2D eigenvalue weighted by Crippen LogP contribution is -2.45. The van der Waals surface area contributed by atoms with Crippen LogP contribution in [0.1, 0.15) is 23.0 Å². The molecule has 2 aromatic rings. The van der Waals surface area contributed by atoms with Crippen molar-refractivity contribution >= 4 is 23.9 Å². The van der Waals surface area contributed by atoms with E-state index in [1.165, 1.54) is 18.2 Å². The Balaban J connectivity index is 0.00000122. The first-order valence-electron chi connectivity index (χ1n) is 9.21. The van der Waals surface area contributed by atoms with Crippen molar-refractivity contribution in [3.63, 3.8) is 0 Å². The van der Waals surface area contributed by atoms with Crippen LogP contribution in [0.3, 0.4) is 0 Å². The molecule has 1 aliphatic rings. The van der Waals surface area contributed by atoms with Gasteiger partial charge in [-0.2, -0.15) is 0 Å². The first-order chi connectivity index (χ1) is 15.6. The summed E-state index contributed by atoms with van der Waals surface area (Å²) in [6.07, 6.45) is 1.15. The number of pyridine rings is 1. The Kier molecular flexibility index (Phi) is 8.29. The molecule has 13 heteroatoms. The van der Waals surface area contributed by atoms with Crippen molar-refractivity contribution in [1.29, 1.82) is 0 Å². The van der Waals surface area contributed by atoms with Crippen LogP contribution in [0.2, 0.25) is 0 Å². The van der Waals surface area contributed by atoms with Gasteiger partial charge in [0.05, 0.1) is 6.20 Å². The minimum Gasteiger partial charge on any atom is -0.483 e. The number of alkyl halides is 3. The van der Waals surface area contributed by atoms with E-state index in [9.17, 15) is 22.4 Å². The third-order valence-corrected chi connectivity index (χ3v) is 4.55. The standard InChI is InChI=1S/C19H18F4N4O3.CH2O2/c1-18(19(22,23)9-29-8-16(24)27-18)13-6-11(2-4-14(13)21)26-17(28)15-5-3-12(7-25-15)30-10-20;2-1-3/h2-7H,8-10H2,1H3,(H2,24,27)(H,26,28);1H,(H,2,3)/t18-;/m1./s1. The number of carboxylic acid groups (broad SMARTS) is 1. The summed E-state index contributed by atoms with van der Waals surface area (Å²) in [4.78, 5) is 28.4. The Morgan fingerprint density at radius 1 is 1.36 bits per heavy atom. The van der Waals surface area contributed by atoms with Gasteiger partial charge in [0.15, 0.2) is 5.54 Å². The molecule has 0 aliphatic carbocycles. The number of benzene rings is 1. The van der Waals surface area contributed by atoms with Gasteiger partial charge < -0.3 is 25.6 Å². The Morgan fingerprint density at radius 3 is 2.67 bits per heavy atom. The van der Waals surface area contributed by atoms with E-state index >= 15 is 0 Å². The second-order valence-electron chi connectivity index (χ2n) is 6.76. The highest BCUT2D eigenvalue weighted by Gasteiger charge is 2.54. The minimum atomic E-state index is -3.56. The summed E-state index contributed by atoms with van der Waals surface area (Å²) in [6, 6.07) is 5.83. The Labute approximate surface area is 185 Å². The SMILES string of the molecule is C[C@]1(c2cc(NC(=O)c3ccc(OCF)cn3)ccc2F)N=C(N)COCC1(F)F.O=CO. The van der Waals surface area contributed by atoms with Crippen LogP contribution in [-0.2, 0) is 15.1 Å². The lowest BCUT2D eigenvalue weighted by Gasteiger charge is -2.33. The van der Waals surface area contributed by atoms with Crippen LogP contribution in [0.25, 0.3) is 0 Å². The predicted molar refractivity (Wildman–Crippen MR) is 109 cm³/mol. The van der Waals surface area contributed by atoms with E-state index in [1.54, 1.807) is 0 Å². The summed E-state index contributed by atoms with van der Waals surface area (Å²) in [5.74, 6) is -5.28. The maximum Gasteiger partial charge on any atom is 0.299 e. The fourth-order valence-electron chi connectivity index (χ4n) is 2.92. The lowest BCUT2D eigenvalue weighted by molar-refractivity contribution is -0.122. The maximum atomic E-state index is 14.7. The molecular weight excluding hydrogens is 452 g/mol. The number of halogens is 4. The molecule has 0 unspecified atom stereocenters. The number of carbonyl (C=O) groups excluding carboxylic acids is 1. The molecular formula is C20H20F4N4O5. The van der Waals surface area contributed by atoms with Gasteiger partial charge in [-0.3, -0.25) is 14.6 Å². The van der Waals surface area contributed by atoms with Crippen LogP contribution >= 0.6 is 0 Å². The van der Waals surface area contributed by atoms with Gasteiger partial charge in [-0.1, -0.05) is 0 Å². The fourth-order valence-corrected chi connectivity index (χ4v) is 2.92. The quantitative estimate of drug-likeness (QED) is 0.450. The molecule has 1 aliphatic heterocycles. The third-order valence-electron chi connectivity index (χ3n) is 4.55. The predicted octanol–water partition coefficient (Wildman–Crippen LogP) is 2.72. The van der Waals surface area contributed by atoms with Gasteiger partial charge >= 0.3 is 0 Å². The Bertz CT molecular complexity index is 1020. The van der Waals surface area contributed by atoms with Crippen molar-refractivity contribution in [3.8, 4) is 5.75 Å². The molecule has 33 heavy (non-hydrogen) atoms. The van der Waals surface area contributed by atoms with E-state index in [4.69, 9.17) is 20.4 Å². The molecule has 0 radical (unpaired) electrons. The number of amides is 1. The number of hydrogen-bond donors (Lipinski definition) is 3. The zero-order valence-corrected chi connectivity index (χ0v) is 17.2. The zero-order valence-electron chi connectivity index (χ0n) is 17.2. The molecule has 178 valence electrons. The van der Waals surface area contributed by atoms with E-state index in [0.717, 1.165) is 25.3 Å². The van der Waals surface area contributed by atoms with E-state index < -0.39 is 42.2 Å². The third kappa shape index (κ3) is 5.94. The van der Waals surface area contributed by atoms with Crippen LogP contribution in [0.5, 0.6) is 5.75 Å². The molecule has 1 atom stereocenters. The summed E-state index contributed by atoms with van der Waals surface area (Å²) in [5, 5.41) is 9.34. The van der Waals surface area contributed by atoms with E-state index in [1.807, 2.05) is 0 Å². The van der Waals surface area contributed by atoms with Crippen LogP contribution < -0.4 is 15.8 Å². The van der Waals surface area contributed by atoms with Crippen LogP contribution in [-0.4, -0.2) is 54.3 Å². The topological polar surface area (TPSA) is 136 Å². The van der Waals surface area contributed by atoms with Crippen molar-refractivity contribution in [1.82, 2.24) is 4.98 Å². The number of aliphatic imine (C=N–C) groups is 1. The first kappa shape index (κ1) is 25.5. The Morgan fingerprint density at radius 2 is 2.06 bits per heavy atom. The average Bonchev–Trinajstić information content (AvgIpc) is 2.86. The minimum absolute atomic E-state index is 0.0400. The summed E-state index contributed by atoms with van der Waals surface area (Å²) in [5.41, 5.74) is 2.79. The van der Waals surface area contributed by atoms with Gasteiger partial charge in [0, 0.05) is 11.3 Å². The van der Waals surface area contributed by atoms with Gasteiger partial charge in [-0.05, 0) is 37.3 Å². The van der Waals surface area contributed by atoms with E-state index in [2.05, 4.69) is 20.0 Å². The molecule has 1 aromatic heterocycles. The number of hydrogen-bond acceptors (Lipinski definition) is 7. The number of amidine groups is 1. The van der Waals surface area contributed by atoms with Gasteiger partial charge in [0.1, 0.15) is 36.3 Å². The van der Waals surface area contributed by atoms with Gasteiger partial charge in [-0.15, -0.1) is 0 Å². The Hall–Kier alpha value is -3.74. The largest absolute Gasteiger partial charge is 0.483 e. The molecule has 1 aromatic carbocycles. The number of nitrogens with zero attached hydrogens (tertiary/aromatic N) is 2. The van der Waals surface area contributed by atoms with Gasteiger partial charge in [0.2, 0.25) is 6.86 Å². The molecule has 2 heterocycles. The van der Waals surface area contributed by atoms with Crippen molar-refractivity contribution < 1.29 is 41.7 Å². The molecule has 0 spiro atoms. The molecule has 0 saturated carbocycles. The number of ether oxygens (including phenoxy) is 2. The maximum absolute atomic E-state index is 14.7. The summed E-state index contributed by atoms with van der Waals surface area (Å²) in [6.45, 7) is -1.56. The number of anilines is 1. The van der Waals surface area contributed by atoms with Gasteiger partial charge in [-0.25, -0.2) is 22.5 Å². The molecule has 9 nitrogen and oxygen atoms in total. The zero-order chi connectivity index (χ0) is 24.6. The summed E-state index contributed by atoms with van der Waals surface area (Å²) < 4.78 is 65.5. The number of carbonyl (C=O) groups is 2. The lowest BCUT2D eigenvalue weighted by atomic mass is 9.85. The monoisotopic (exact) mass is 472 g/mol. The van der Waals surface area contributed by atoms with E-state index in [0.29, 0.717) is 0 Å². The first-order valence-corrected chi connectivity index (χ1v) is 9.21. The van der Waals surface area contributed by atoms with Crippen LogP contribution in [0.15, 0.2) is 41.5 Å². The highest BCUT2D eigenvalue weighted by Crippen LogP contribution is 2.44. The number of rotatable bonds is 5. The van der Waals surface area contributed by atoms with Crippen LogP contribution in [0.4, 0.5) is 23.2 Å².